The smallest absolute Gasteiger partial charge is 0.118 e. The van der Waals surface area contributed by atoms with Gasteiger partial charge < -0.3 is 14.6 Å². The van der Waals surface area contributed by atoms with E-state index in [1.54, 1.807) is 7.11 Å². The normalized spacial score (nSPS) is 14.7. The molecule has 0 saturated heterocycles. The van der Waals surface area contributed by atoms with Gasteiger partial charge in [-0.05, 0) is 69.2 Å². The number of aliphatic hydroxyl groups is 1. The van der Waals surface area contributed by atoms with E-state index in [2.05, 4.69) is 32.6 Å². The first-order valence-corrected chi connectivity index (χ1v) is 9.69. The molecule has 0 bridgehead atoms. The van der Waals surface area contributed by atoms with E-state index in [0.717, 1.165) is 41.7 Å². The SMILES string of the molecule is C=C(C)C(C)CC(O)/C(C)=C/CC/C(C)=C/COCc1ccc(OC)cc1. The van der Waals surface area contributed by atoms with Crippen LogP contribution in [0.5, 0.6) is 5.75 Å². The third-order valence-corrected chi connectivity index (χ3v) is 4.93. The van der Waals surface area contributed by atoms with Gasteiger partial charge in [0, 0.05) is 0 Å². The second kappa shape index (κ2) is 12.5. The Kier molecular flexibility index (Phi) is 10.8. The van der Waals surface area contributed by atoms with Crippen LogP contribution < -0.4 is 4.74 Å². The van der Waals surface area contributed by atoms with Gasteiger partial charge in [-0.15, -0.1) is 0 Å². The van der Waals surface area contributed by atoms with Gasteiger partial charge >= 0.3 is 0 Å². The third-order valence-electron chi connectivity index (χ3n) is 4.93. The highest BCUT2D eigenvalue weighted by atomic mass is 16.5. The molecule has 0 aliphatic carbocycles. The highest BCUT2D eigenvalue weighted by Gasteiger charge is 2.12. The van der Waals surface area contributed by atoms with E-state index in [0.29, 0.717) is 19.1 Å². The predicted molar refractivity (Wildman–Crippen MR) is 114 cm³/mol. The molecule has 0 spiro atoms. The molecule has 3 nitrogen and oxygen atoms in total. The zero-order valence-electron chi connectivity index (χ0n) is 17.6. The molecule has 1 rings (SSSR count). The molecule has 0 saturated carbocycles. The van der Waals surface area contributed by atoms with Crippen LogP contribution in [0.3, 0.4) is 0 Å². The molecule has 150 valence electrons. The summed E-state index contributed by atoms with van der Waals surface area (Å²) in [7, 11) is 1.67. The zero-order valence-corrected chi connectivity index (χ0v) is 17.6. The van der Waals surface area contributed by atoms with Crippen LogP contribution in [0.25, 0.3) is 0 Å². The fraction of sp³-hybridized carbons (Fsp3) is 0.500. The van der Waals surface area contributed by atoms with Gasteiger partial charge in [-0.1, -0.05) is 48.9 Å². The number of aliphatic hydroxyl groups excluding tert-OH is 1. The molecule has 0 aromatic heterocycles. The lowest BCUT2D eigenvalue weighted by atomic mass is 9.93. The number of rotatable bonds is 12. The van der Waals surface area contributed by atoms with E-state index < -0.39 is 0 Å². The Hall–Kier alpha value is -1.84. The van der Waals surface area contributed by atoms with E-state index in [1.807, 2.05) is 38.1 Å². The second-order valence-electron chi connectivity index (χ2n) is 7.40. The average molecular weight is 373 g/mol. The van der Waals surface area contributed by atoms with Crippen molar-refractivity contribution in [3.8, 4) is 5.75 Å². The number of hydrogen-bond acceptors (Lipinski definition) is 3. The molecule has 2 unspecified atom stereocenters. The minimum absolute atomic E-state index is 0.341. The maximum Gasteiger partial charge on any atom is 0.118 e. The van der Waals surface area contributed by atoms with Crippen LogP contribution in [0.4, 0.5) is 0 Å². The number of allylic oxidation sites excluding steroid dienone is 3. The summed E-state index contributed by atoms with van der Waals surface area (Å²) in [5.41, 5.74) is 4.61. The first-order valence-electron chi connectivity index (χ1n) is 9.69. The van der Waals surface area contributed by atoms with Crippen molar-refractivity contribution in [2.24, 2.45) is 5.92 Å². The summed E-state index contributed by atoms with van der Waals surface area (Å²) in [6.45, 7) is 13.4. The Bertz CT molecular complexity index is 626. The summed E-state index contributed by atoms with van der Waals surface area (Å²) < 4.78 is 10.9. The van der Waals surface area contributed by atoms with Crippen LogP contribution in [0, 0.1) is 5.92 Å². The van der Waals surface area contributed by atoms with Gasteiger partial charge in [0.2, 0.25) is 0 Å². The van der Waals surface area contributed by atoms with Crippen molar-refractivity contribution in [3.05, 3.63) is 65.3 Å². The maximum atomic E-state index is 10.3. The fourth-order valence-electron chi connectivity index (χ4n) is 2.59. The molecule has 3 heteroatoms. The van der Waals surface area contributed by atoms with Crippen LogP contribution in [0.15, 0.2) is 59.7 Å². The number of methoxy groups -OCH3 is 1. The Morgan fingerprint density at radius 1 is 1.15 bits per heavy atom. The van der Waals surface area contributed by atoms with Crippen molar-refractivity contribution in [3.63, 3.8) is 0 Å². The molecule has 27 heavy (non-hydrogen) atoms. The molecule has 0 heterocycles. The highest BCUT2D eigenvalue weighted by molar-refractivity contribution is 5.26. The lowest BCUT2D eigenvalue weighted by molar-refractivity contribution is 0.148. The van der Waals surface area contributed by atoms with E-state index in [9.17, 15) is 5.11 Å². The van der Waals surface area contributed by atoms with Crippen molar-refractivity contribution in [2.75, 3.05) is 13.7 Å². The van der Waals surface area contributed by atoms with E-state index >= 15 is 0 Å². The van der Waals surface area contributed by atoms with Gasteiger partial charge in [0.05, 0.1) is 26.4 Å². The van der Waals surface area contributed by atoms with Crippen molar-refractivity contribution in [1.82, 2.24) is 0 Å². The van der Waals surface area contributed by atoms with Crippen LogP contribution >= 0.6 is 0 Å². The Morgan fingerprint density at radius 3 is 2.41 bits per heavy atom. The molecule has 0 radical (unpaired) electrons. The highest BCUT2D eigenvalue weighted by Crippen LogP contribution is 2.19. The first kappa shape index (κ1) is 23.2. The van der Waals surface area contributed by atoms with Gasteiger partial charge in [0.1, 0.15) is 5.75 Å². The lowest BCUT2D eigenvalue weighted by Crippen LogP contribution is -2.13. The minimum Gasteiger partial charge on any atom is -0.497 e. The summed E-state index contributed by atoms with van der Waals surface area (Å²) in [6.07, 6.45) is 6.55. The standard InChI is InChI=1S/C24H36O3/c1-18(2)21(5)16-24(25)20(4)9-7-8-19(3)14-15-27-17-22-10-12-23(26-6)13-11-22/h9-14,21,24-25H,1,7-8,15-17H2,2-6H3/b19-14+,20-9+. The molecule has 1 aromatic carbocycles. The monoisotopic (exact) mass is 372 g/mol. The molecule has 0 amide bonds. The third kappa shape index (κ3) is 9.60. The molecule has 1 N–H and O–H groups in total. The number of ether oxygens (including phenoxy) is 2. The molecule has 2 atom stereocenters. The maximum absolute atomic E-state index is 10.3. The molecule has 0 aliphatic rings. The molecule has 0 fully saturated rings. The quantitative estimate of drug-likeness (QED) is 0.369. The van der Waals surface area contributed by atoms with Gasteiger partial charge in [-0.2, -0.15) is 0 Å². The largest absolute Gasteiger partial charge is 0.497 e. The molecule has 0 aliphatic heterocycles. The Balaban J connectivity index is 2.29. The lowest BCUT2D eigenvalue weighted by Gasteiger charge is -2.17. The summed E-state index contributed by atoms with van der Waals surface area (Å²) in [5, 5.41) is 10.3. The van der Waals surface area contributed by atoms with Crippen LogP contribution in [0.1, 0.15) is 52.5 Å². The minimum atomic E-state index is -0.381. The number of benzene rings is 1. The topological polar surface area (TPSA) is 38.7 Å². The number of hydrogen-bond donors (Lipinski definition) is 1. The van der Waals surface area contributed by atoms with E-state index in [1.165, 1.54) is 5.57 Å². The average Bonchev–Trinajstić information content (AvgIpc) is 2.65. The van der Waals surface area contributed by atoms with Crippen LogP contribution in [-0.2, 0) is 11.3 Å². The van der Waals surface area contributed by atoms with Crippen molar-refractivity contribution in [1.29, 1.82) is 0 Å². The summed E-state index contributed by atoms with van der Waals surface area (Å²) in [4.78, 5) is 0. The fourth-order valence-corrected chi connectivity index (χ4v) is 2.59. The van der Waals surface area contributed by atoms with Crippen molar-refractivity contribution >= 4 is 0 Å². The van der Waals surface area contributed by atoms with E-state index in [4.69, 9.17) is 9.47 Å². The van der Waals surface area contributed by atoms with Crippen LogP contribution in [-0.4, -0.2) is 24.9 Å². The summed E-state index contributed by atoms with van der Waals surface area (Å²) in [6, 6.07) is 7.92. The molecule has 1 aromatic rings. The van der Waals surface area contributed by atoms with Crippen molar-refractivity contribution in [2.45, 2.75) is 59.7 Å². The molecular weight excluding hydrogens is 336 g/mol. The Labute approximate surface area is 165 Å². The van der Waals surface area contributed by atoms with Gasteiger partial charge in [0.25, 0.3) is 0 Å². The second-order valence-corrected chi connectivity index (χ2v) is 7.40. The van der Waals surface area contributed by atoms with Gasteiger partial charge in [-0.3, -0.25) is 0 Å². The zero-order chi connectivity index (χ0) is 20.2. The summed E-state index contributed by atoms with van der Waals surface area (Å²) >= 11 is 0. The van der Waals surface area contributed by atoms with E-state index in [-0.39, 0.29) is 6.10 Å². The van der Waals surface area contributed by atoms with Gasteiger partial charge in [0.15, 0.2) is 0 Å². The molecular formula is C24H36O3. The first-order chi connectivity index (χ1) is 12.8. The predicted octanol–water partition coefficient (Wildman–Crippen LogP) is 5.85. The van der Waals surface area contributed by atoms with Crippen LogP contribution in [0.2, 0.25) is 0 Å². The van der Waals surface area contributed by atoms with Gasteiger partial charge in [-0.25, -0.2) is 0 Å². The van der Waals surface area contributed by atoms with Crippen molar-refractivity contribution < 1.29 is 14.6 Å². The Morgan fingerprint density at radius 2 is 1.81 bits per heavy atom. The summed E-state index contributed by atoms with van der Waals surface area (Å²) in [5.74, 6) is 1.20.